The van der Waals surface area contributed by atoms with Gasteiger partial charge in [0.05, 0.1) is 11.5 Å². The van der Waals surface area contributed by atoms with E-state index in [2.05, 4.69) is 16.8 Å². The molecule has 0 radical (unpaired) electrons. The average molecular weight is 378 g/mol. The molecule has 0 aromatic heterocycles. The Morgan fingerprint density at radius 1 is 1.08 bits per heavy atom. The number of benzene rings is 1. The van der Waals surface area contributed by atoms with E-state index in [0.29, 0.717) is 30.6 Å². The number of amides is 1. The lowest BCUT2D eigenvalue weighted by atomic mass is 9.96. The molecular weight excluding hydrogens is 350 g/mol. The molecular formula is C19H27N3O3S. The van der Waals surface area contributed by atoms with Crippen molar-refractivity contribution in [1.29, 1.82) is 0 Å². The largest absolute Gasteiger partial charge is 0.369 e. The smallest absolute Gasteiger partial charge is 0.253 e. The van der Waals surface area contributed by atoms with Crippen LogP contribution in [0.4, 0.5) is 5.69 Å². The van der Waals surface area contributed by atoms with Crippen molar-refractivity contribution in [3.63, 3.8) is 0 Å². The van der Waals surface area contributed by atoms with Crippen LogP contribution in [0.3, 0.4) is 0 Å². The zero-order valence-electron chi connectivity index (χ0n) is 15.3. The van der Waals surface area contributed by atoms with Gasteiger partial charge in [-0.25, -0.2) is 8.42 Å². The van der Waals surface area contributed by atoms with Crippen LogP contribution in [-0.4, -0.2) is 81.4 Å². The van der Waals surface area contributed by atoms with Gasteiger partial charge in [-0.15, -0.1) is 0 Å². The molecule has 1 aromatic rings. The molecule has 0 aliphatic carbocycles. The first-order chi connectivity index (χ1) is 12.4. The van der Waals surface area contributed by atoms with Crippen LogP contribution in [0.1, 0.15) is 23.2 Å². The third kappa shape index (κ3) is 3.60. The van der Waals surface area contributed by atoms with Crippen molar-refractivity contribution in [3.05, 3.63) is 29.8 Å². The van der Waals surface area contributed by atoms with E-state index in [1.54, 1.807) is 0 Å². The highest BCUT2D eigenvalue weighted by Gasteiger charge is 2.35. The van der Waals surface area contributed by atoms with Gasteiger partial charge in [0.15, 0.2) is 9.84 Å². The van der Waals surface area contributed by atoms with E-state index in [1.165, 1.54) is 12.8 Å². The van der Waals surface area contributed by atoms with Gasteiger partial charge in [-0.2, -0.15) is 0 Å². The van der Waals surface area contributed by atoms with Crippen molar-refractivity contribution in [2.24, 2.45) is 5.92 Å². The van der Waals surface area contributed by atoms with Crippen LogP contribution in [0.5, 0.6) is 0 Å². The minimum Gasteiger partial charge on any atom is -0.369 e. The number of carbonyl (C=O) groups is 1. The Labute approximate surface area is 155 Å². The molecule has 5 rings (SSSR count). The van der Waals surface area contributed by atoms with Gasteiger partial charge in [0, 0.05) is 50.0 Å². The van der Waals surface area contributed by atoms with Crippen LogP contribution in [0.2, 0.25) is 0 Å². The van der Waals surface area contributed by atoms with Crippen molar-refractivity contribution < 1.29 is 13.2 Å². The minimum atomic E-state index is -2.90. The monoisotopic (exact) mass is 377 g/mol. The maximum absolute atomic E-state index is 13.1. The number of rotatable bonds is 2. The summed E-state index contributed by atoms with van der Waals surface area (Å²) in [4.78, 5) is 19.6. The summed E-state index contributed by atoms with van der Waals surface area (Å²) in [5.41, 5.74) is 1.65. The fourth-order valence-electron chi connectivity index (χ4n) is 4.47. The fourth-order valence-corrected chi connectivity index (χ4v) is 5.67. The summed E-state index contributed by atoms with van der Waals surface area (Å²) in [6.45, 7) is 3.72. The first kappa shape index (κ1) is 17.8. The molecule has 4 aliphatic heterocycles. The van der Waals surface area contributed by atoms with E-state index < -0.39 is 9.84 Å². The molecule has 4 heterocycles. The molecule has 2 atom stereocenters. The molecule has 1 amide bonds. The summed E-state index contributed by atoms with van der Waals surface area (Å²) in [6, 6.07) is 8.15. The van der Waals surface area contributed by atoms with Crippen LogP contribution in [0.25, 0.3) is 0 Å². The fraction of sp³-hybridized carbons (Fsp3) is 0.632. The van der Waals surface area contributed by atoms with Crippen molar-refractivity contribution in [2.75, 3.05) is 56.2 Å². The standard InChI is InChI=1S/C19H27N3O3S/c1-20-12-15-5-6-18(20)14-22(13-15)19(23)16-3-2-4-17(11-16)21-7-9-26(24,25)10-8-21/h2-4,11,15,18H,5-10,12-14H2,1H3/t15-,18-/m1/s1. The number of nitrogens with zero attached hydrogens (tertiary/aromatic N) is 3. The maximum atomic E-state index is 13.1. The van der Waals surface area contributed by atoms with Crippen molar-refractivity contribution in [3.8, 4) is 0 Å². The number of fused-ring (bicyclic) bond motifs is 4. The van der Waals surface area contributed by atoms with E-state index >= 15 is 0 Å². The van der Waals surface area contributed by atoms with Gasteiger partial charge in [-0.05, 0) is 44.0 Å². The molecule has 7 heteroatoms. The molecule has 26 heavy (non-hydrogen) atoms. The van der Waals surface area contributed by atoms with E-state index in [-0.39, 0.29) is 17.4 Å². The predicted octanol–water partition coefficient (Wildman–Crippen LogP) is 1.09. The van der Waals surface area contributed by atoms with Crippen molar-refractivity contribution >= 4 is 21.4 Å². The number of anilines is 1. The van der Waals surface area contributed by atoms with E-state index in [0.717, 1.165) is 25.3 Å². The summed E-state index contributed by atoms with van der Waals surface area (Å²) in [6.07, 6.45) is 2.38. The first-order valence-electron chi connectivity index (χ1n) is 9.46. The average Bonchev–Trinajstić information content (AvgIpc) is 2.92. The zero-order valence-corrected chi connectivity index (χ0v) is 16.1. The third-order valence-electron chi connectivity index (χ3n) is 6.08. The SMILES string of the molecule is CN1C[C@H]2CC[C@@H]1CN(C(=O)c1cccc(N3CCS(=O)(=O)CC3)c1)C2. The molecule has 0 saturated carbocycles. The highest BCUT2D eigenvalue weighted by atomic mass is 32.2. The number of piperidine rings is 1. The number of likely N-dealkylation sites (N-methyl/N-ethyl adjacent to an activating group) is 1. The molecule has 4 saturated heterocycles. The Morgan fingerprint density at radius 3 is 2.58 bits per heavy atom. The van der Waals surface area contributed by atoms with Gasteiger partial charge in [0.1, 0.15) is 0 Å². The first-order valence-corrected chi connectivity index (χ1v) is 11.3. The second kappa shape index (κ2) is 6.85. The van der Waals surface area contributed by atoms with E-state index in [9.17, 15) is 13.2 Å². The number of hydrogen-bond donors (Lipinski definition) is 0. The summed E-state index contributed by atoms with van der Waals surface area (Å²) < 4.78 is 23.3. The molecule has 1 aromatic carbocycles. The summed E-state index contributed by atoms with van der Waals surface area (Å²) in [7, 11) is -0.741. The van der Waals surface area contributed by atoms with Crippen LogP contribution < -0.4 is 4.90 Å². The number of hydrogen-bond acceptors (Lipinski definition) is 5. The summed E-state index contributed by atoms with van der Waals surface area (Å²) in [5, 5.41) is 0. The zero-order chi connectivity index (χ0) is 18.3. The van der Waals surface area contributed by atoms with Gasteiger partial charge in [0.25, 0.3) is 5.91 Å². The summed E-state index contributed by atoms with van der Waals surface area (Å²) in [5.74, 6) is 1.04. The number of sulfone groups is 1. The molecule has 0 spiro atoms. The predicted molar refractivity (Wildman–Crippen MR) is 102 cm³/mol. The summed E-state index contributed by atoms with van der Waals surface area (Å²) >= 11 is 0. The topological polar surface area (TPSA) is 60.9 Å². The third-order valence-corrected chi connectivity index (χ3v) is 7.69. The Bertz CT molecular complexity index is 781. The Kier molecular flexibility index (Phi) is 4.69. The van der Waals surface area contributed by atoms with Gasteiger partial charge in [-0.3, -0.25) is 4.79 Å². The van der Waals surface area contributed by atoms with E-state index in [4.69, 9.17) is 0 Å². The van der Waals surface area contributed by atoms with Gasteiger partial charge >= 0.3 is 0 Å². The van der Waals surface area contributed by atoms with Crippen LogP contribution in [0.15, 0.2) is 24.3 Å². The van der Waals surface area contributed by atoms with E-state index in [1.807, 2.05) is 29.2 Å². The second-order valence-corrected chi connectivity index (χ2v) is 10.2. The molecule has 2 bridgehead atoms. The number of carbonyl (C=O) groups excluding carboxylic acids is 1. The van der Waals surface area contributed by atoms with Crippen molar-refractivity contribution in [1.82, 2.24) is 9.80 Å². The van der Waals surface area contributed by atoms with Crippen LogP contribution >= 0.6 is 0 Å². The van der Waals surface area contributed by atoms with Gasteiger partial charge in [-0.1, -0.05) is 6.07 Å². The molecule has 4 aliphatic rings. The highest BCUT2D eigenvalue weighted by Crippen LogP contribution is 2.28. The molecule has 0 N–H and O–H groups in total. The van der Waals surface area contributed by atoms with Crippen LogP contribution in [-0.2, 0) is 9.84 Å². The molecule has 0 unspecified atom stereocenters. The lowest BCUT2D eigenvalue weighted by Gasteiger charge is -2.32. The lowest BCUT2D eigenvalue weighted by molar-refractivity contribution is 0.0742. The lowest BCUT2D eigenvalue weighted by Crippen LogP contribution is -2.42. The van der Waals surface area contributed by atoms with Crippen molar-refractivity contribution in [2.45, 2.75) is 18.9 Å². The quantitative estimate of drug-likeness (QED) is 0.772. The Balaban J connectivity index is 1.50. The second-order valence-electron chi connectivity index (χ2n) is 7.94. The Morgan fingerprint density at radius 2 is 1.85 bits per heavy atom. The highest BCUT2D eigenvalue weighted by molar-refractivity contribution is 7.91. The Hall–Kier alpha value is -1.60. The maximum Gasteiger partial charge on any atom is 0.253 e. The van der Waals surface area contributed by atoms with Gasteiger partial charge < -0.3 is 14.7 Å². The van der Waals surface area contributed by atoms with Gasteiger partial charge in [0.2, 0.25) is 0 Å². The molecule has 142 valence electrons. The van der Waals surface area contributed by atoms with Crippen LogP contribution in [0, 0.1) is 5.92 Å². The molecule has 6 nitrogen and oxygen atoms in total. The molecule has 4 fully saturated rings. The minimum absolute atomic E-state index is 0.101. The normalized spacial score (nSPS) is 28.8.